The van der Waals surface area contributed by atoms with E-state index in [4.69, 9.17) is 11.6 Å². The highest BCUT2D eigenvalue weighted by Gasteiger charge is 2.21. The predicted molar refractivity (Wildman–Crippen MR) is 60.8 cm³/mol. The van der Waals surface area contributed by atoms with Crippen LogP contribution in [0.25, 0.3) is 0 Å². The van der Waals surface area contributed by atoms with Crippen LogP contribution in [0.5, 0.6) is 0 Å². The van der Waals surface area contributed by atoms with Crippen LogP contribution < -0.4 is 0 Å². The Kier molecular flexibility index (Phi) is 3.23. The first-order valence-corrected chi connectivity index (χ1v) is 5.26. The normalized spacial score (nSPS) is 15.3. The van der Waals surface area contributed by atoms with Crippen molar-refractivity contribution in [2.24, 2.45) is 0 Å². The molecule has 0 radical (unpaired) electrons. The van der Waals surface area contributed by atoms with E-state index in [0.717, 1.165) is 21.7 Å². The molecule has 78 valence electrons. The van der Waals surface area contributed by atoms with Crippen molar-refractivity contribution in [3.8, 4) is 0 Å². The quantitative estimate of drug-likeness (QED) is 0.795. The summed E-state index contributed by atoms with van der Waals surface area (Å²) in [6.07, 6.45) is 0.702. The number of rotatable bonds is 2. The van der Waals surface area contributed by atoms with E-state index in [2.05, 4.69) is 0 Å². The van der Waals surface area contributed by atoms with Gasteiger partial charge in [-0.2, -0.15) is 0 Å². The van der Waals surface area contributed by atoms with Crippen molar-refractivity contribution < 1.29 is 5.11 Å². The molecule has 0 fully saturated rings. The molecule has 0 amide bonds. The minimum absolute atomic E-state index is 0.702. The fraction of sp³-hybridized carbons (Fsp3) is 0.500. The summed E-state index contributed by atoms with van der Waals surface area (Å²) in [5.74, 6) is 0. The van der Waals surface area contributed by atoms with E-state index in [1.807, 2.05) is 39.8 Å². The molecule has 0 aliphatic heterocycles. The molecule has 1 rings (SSSR count). The van der Waals surface area contributed by atoms with Crippen LogP contribution in [-0.4, -0.2) is 5.11 Å². The van der Waals surface area contributed by atoms with E-state index < -0.39 is 5.60 Å². The molecule has 0 saturated carbocycles. The highest BCUT2D eigenvalue weighted by Crippen LogP contribution is 2.29. The maximum Gasteiger partial charge on any atom is 0.0866 e. The molecule has 0 heterocycles. The van der Waals surface area contributed by atoms with Crippen molar-refractivity contribution >= 4 is 11.6 Å². The lowest BCUT2D eigenvalue weighted by Gasteiger charge is -2.23. The van der Waals surface area contributed by atoms with Crippen molar-refractivity contribution in [1.82, 2.24) is 0 Å². The molecule has 1 nitrogen and oxygen atoms in total. The fourth-order valence-electron chi connectivity index (χ4n) is 1.46. The van der Waals surface area contributed by atoms with Crippen LogP contribution in [0.15, 0.2) is 12.1 Å². The molecule has 0 aromatic heterocycles. The monoisotopic (exact) mass is 212 g/mol. The van der Waals surface area contributed by atoms with Gasteiger partial charge in [0.2, 0.25) is 0 Å². The molecule has 1 aromatic carbocycles. The molecule has 0 unspecified atom stereocenters. The van der Waals surface area contributed by atoms with Crippen LogP contribution in [0.1, 0.15) is 37.0 Å². The predicted octanol–water partition coefficient (Wildman–Crippen LogP) is 3.57. The molecule has 0 spiro atoms. The Morgan fingerprint density at radius 3 is 2.07 bits per heavy atom. The summed E-state index contributed by atoms with van der Waals surface area (Å²) in [6, 6.07) is 3.91. The van der Waals surface area contributed by atoms with Crippen LogP contribution in [0.2, 0.25) is 5.02 Å². The first-order chi connectivity index (χ1) is 6.38. The Balaban J connectivity index is 3.26. The SMILES string of the molecule is CC[C@@](C)(O)c1cc(C)c(Cl)c(C)c1. The van der Waals surface area contributed by atoms with Gasteiger partial charge in [0, 0.05) is 5.02 Å². The van der Waals surface area contributed by atoms with Gasteiger partial charge in [0.1, 0.15) is 0 Å². The van der Waals surface area contributed by atoms with Crippen LogP contribution >= 0.6 is 11.6 Å². The van der Waals surface area contributed by atoms with Gasteiger partial charge in [-0.25, -0.2) is 0 Å². The second-order valence-electron chi connectivity index (χ2n) is 4.05. The zero-order valence-corrected chi connectivity index (χ0v) is 9.94. The van der Waals surface area contributed by atoms with Crippen LogP contribution in [0, 0.1) is 13.8 Å². The average Bonchev–Trinajstić information content (AvgIpc) is 2.13. The second-order valence-corrected chi connectivity index (χ2v) is 4.43. The number of halogens is 1. The molecule has 0 aliphatic carbocycles. The van der Waals surface area contributed by atoms with E-state index in [1.165, 1.54) is 0 Å². The van der Waals surface area contributed by atoms with E-state index in [-0.39, 0.29) is 0 Å². The Labute approximate surface area is 90.7 Å². The van der Waals surface area contributed by atoms with E-state index in [9.17, 15) is 5.11 Å². The molecular weight excluding hydrogens is 196 g/mol. The van der Waals surface area contributed by atoms with E-state index >= 15 is 0 Å². The lowest BCUT2D eigenvalue weighted by Crippen LogP contribution is -2.19. The number of benzene rings is 1. The molecule has 1 atom stereocenters. The fourth-order valence-corrected chi connectivity index (χ4v) is 1.57. The molecule has 2 heteroatoms. The second kappa shape index (κ2) is 3.92. The molecule has 1 aromatic rings. The molecule has 0 aliphatic rings. The van der Waals surface area contributed by atoms with Gasteiger partial charge in [-0.15, -0.1) is 0 Å². The van der Waals surface area contributed by atoms with E-state index in [0.29, 0.717) is 6.42 Å². The van der Waals surface area contributed by atoms with E-state index in [1.54, 1.807) is 0 Å². The minimum Gasteiger partial charge on any atom is -0.385 e. The minimum atomic E-state index is -0.750. The van der Waals surface area contributed by atoms with Crippen molar-refractivity contribution in [1.29, 1.82) is 0 Å². The maximum atomic E-state index is 10.1. The smallest absolute Gasteiger partial charge is 0.0866 e. The third kappa shape index (κ3) is 2.10. The third-order valence-electron chi connectivity index (χ3n) is 2.75. The summed E-state index contributed by atoms with van der Waals surface area (Å²) in [7, 11) is 0. The topological polar surface area (TPSA) is 20.2 Å². The molecule has 1 N–H and O–H groups in total. The molecule has 0 saturated heterocycles. The summed E-state index contributed by atoms with van der Waals surface area (Å²) in [6.45, 7) is 7.73. The lowest BCUT2D eigenvalue weighted by molar-refractivity contribution is 0.0530. The van der Waals surface area contributed by atoms with Crippen molar-refractivity contribution in [3.05, 3.63) is 33.8 Å². The Morgan fingerprint density at radius 1 is 1.29 bits per heavy atom. The Morgan fingerprint density at radius 2 is 1.71 bits per heavy atom. The summed E-state index contributed by atoms with van der Waals surface area (Å²) < 4.78 is 0. The van der Waals surface area contributed by atoms with Crippen LogP contribution in [-0.2, 0) is 5.60 Å². The van der Waals surface area contributed by atoms with Gasteiger partial charge < -0.3 is 5.11 Å². The third-order valence-corrected chi connectivity index (χ3v) is 3.34. The maximum absolute atomic E-state index is 10.1. The standard InChI is InChI=1S/C12H17ClO/c1-5-12(4,14)10-6-8(2)11(13)9(3)7-10/h6-7,14H,5H2,1-4H3/t12-/m1/s1. The Bertz CT molecular complexity index is 319. The van der Waals surface area contributed by atoms with Crippen LogP contribution in [0.3, 0.4) is 0 Å². The van der Waals surface area contributed by atoms with Gasteiger partial charge in [0.05, 0.1) is 5.60 Å². The summed E-state index contributed by atoms with van der Waals surface area (Å²) in [5.41, 5.74) is 2.24. The average molecular weight is 213 g/mol. The zero-order valence-electron chi connectivity index (χ0n) is 9.19. The Hall–Kier alpha value is -0.530. The van der Waals surface area contributed by atoms with Gasteiger partial charge in [0.15, 0.2) is 0 Å². The number of aryl methyl sites for hydroxylation is 2. The first-order valence-electron chi connectivity index (χ1n) is 4.88. The summed E-state index contributed by atoms with van der Waals surface area (Å²) >= 11 is 6.06. The summed E-state index contributed by atoms with van der Waals surface area (Å²) in [4.78, 5) is 0. The summed E-state index contributed by atoms with van der Waals surface area (Å²) in [5, 5.41) is 10.9. The number of aliphatic hydroxyl groups is 1. The van der Waals surface area contributed by atoms with Crippen molar-refractivity contribution in [2.45, 2.75) is 39.7 Å². The van der Waals surface area contributed by atoms with Gasteiger partial charge in [-0.3, -0.25) is 0 Å². The van der Waals surface area contributed by atoms with Crippen molar-refractivity contribution in [3.63, 3.8) is 0 Å². The largest absolute Gasteiger partial charge is 0.385 e. The number of hydrogen-bond acceptors (Lipinski definition) is 1. The molecule has 14 heavy (non-hydrogen) atoms. The molecule has 0 bridgehead atoms. The van der Waals surface area contributed by atoms with Gasteiger partial charge in [-0.05, 0) is 43.9 Å². The van der Waals surface area contributed by atoms with Gasteiger partial charge in [0.25, 0.3) is 0 Å². The lowest BCUT2D eigenvalue weighted by atomic mass is 9.91. The zero-order chi connectivity index (χ0) is 10.9. The van der Waals surface area contributed by atoms with Crippen LogP contribution in [0.4, 0.5) is 0 Å². The first kappa shape index (κ1) is 11.5. The van der Waals surface area contributed by atoms with Crippen molar-refractivity contribution in [2.75, 3.05) is 0 Å². The number of hydrogen-bond donors (Lipinski definition) is 1. The van der Waals surface area contributed by atoms with Gasteiger partial charge in [-0.1, -0.05) is 30.7 Å². The highest BCUT2D eigenvalue weighted by molar-refractivity contribution is 6.32. The van der Waals surface area contributed by atoms with Gasteiger partial charge >= 0.3 is 0 Å². The highest BCUT2D eigenvalue weighted by atomic mass is 35.5. The molecular formula is C12H17ClO.